The second-order valence-corrected chi connectivity index (χ2v) is 5.46. The molecule has 3 atom stereocenters. The standard InChI is InChI=1S/C15H20N2O2/c1-19-15(18)11-3-2-4-13(9-11)16-14-6-8-17-7-5-12(14)10-17/h2-4,9,12,14,16H,5-8,10H2,1H3. The summed E-state index contributed by atoms with van der Waals surface area (Å²) in [6, 6.07) is 8.13. The molecule has 102 valence electrons. The number of ether oxygens (including phenoxy) is 1. The smallest absolute Gasteiger partial charge is 0.337 e. The van der Waals surface area contributed by atoms with Gasteiger partial charge in [0.15, 0.2) is 0 Å². The van der Waals surface area contributed by atoms with Crippen LogP contribution in [0.1, 0.15) is 23.2 Å². The van der Waals surface area contributed by atoms with Crippen molar-refractivity contribution in [2.45, 2.75) is 18.9 Å². The van der Waals surface area contributed by atoms with Crippen LogP contribution in [0.2, 0.25) is 0 Å². The molecule has 4 nitrogen and oxygen atoms in total. The highest BCUT2D eigenvalue weighted by Crippen LogP contribution is 2.29. The number of benzene rings is 1. The average Bonchev–Trinajstić information content (AvgIpc) is 2.84. The monoisotopic (exact) mass is 260 g/mol. The molecule has 0 aliphatic carbocycles. The minimum absolute atomic E-state index is 0.278. The molecule has 2 aliphatic rings. The molecule has 0 amide bonds. The molecule has 1 aromatic carbocycles. The summed E-state index contributed by atoms with van der Waals surface area (Å²) in [7, 11) is 1.41. The Morgan fingerprint density at radius 1 is 1.37 bits per heavy atom. The summed E-state index contributed by atoms with van der Waals surface area (Å²) in [5.74, 6) is 0.467. The molecule has 0 saturated carbocycles. The number of nitrogens with zero attached hydrogens (tertiary/aromatic N) is 1. The average molecular weight is 260 g/mol. The quantitative estimate of drug-likeness (QED) is 0.844. The number of piperidine rings is 1. The van der Waals surface area contributed by atoms with E-state index in [0.29, 0.717) is 11.6 Å². The fourth-order valence-corrected chi connectivity index (χ4v) is 3.21. The Balaban J connectivity index is 1.71. The van der Waals surface area contributed by atoms with Crippen LogP contribution in [-0.2, 0) is 4.74 Å². The van der Waals surface area contributed by atoms with Crippen molar-refractivity contribution in [2.24, 2.45) is 5.92 Å². The van der Waals surface area contributed by atoms with Crippen molar-refractivity contribution in [3.05, 3.63) is 29.8 Å². The van der Waals surface area contributed by atoms with Crippen molar-refractivity contribution in [3.63, 3.8) is 0 Å². The second kappa shape index (κ2) is 5.21. The van der Waals surface area contributed by atoms with Crippen LogP contribution in [0.4, 0.5) is 5.69 Å². The van der Waals surface area contributed by atoms with Gasteiger partial charge in [-0.2, -0.15) is 0 Å². The summed E-state index contributed by atoms with van der Waals surface area (Å²) in [6.45, 7) is 3.64. The van der Waals surface area contributed by atoms with Crippen LogP contribution in [0.25, 0.3) is 0 Å². The van der Waals surface area contributed by atoms with E-state index in [9.17, 15) is 4.79 Å². The molecule has 2 bridgehead atoms. The van der Waals surface area contributed by atoms with Crippen molar-refractivity contribution < 1.29 is 9.53 Å². The van der Waals surface area contributed by atoms with Gasteiger partial charge in [0.1, 0.15) is 0 Å². The third kappa shape index (κ3) is 2.59. The maximum atomic E-state index is 11.5. The van der Waals surface area contributed by atoms with Gasteiger partial charge in [0, 0.05) is 24.8 Å². The summed E-state index contributed by atoms with van der Waals surface area (Å²) < 4.78 is 4.76. The van der Waals surface area contributed by atoms with Crippen molar-refractivity contribution in [1.29, 1.82) is 0 Å². The molecule has 0 aromatic heterocycles. The van der Waals surface area contributed by atoms with Gasteiger partial charge in [0.25, 0.3) is 0 Å². The molecular weight excluding hydrogens is 240 g/mol. The first-order valence-corrected chi connectivity index (χ1v) is 6.93. The van der Waals surface area contributed by atoms with E-state index in [1.165, 1.54) is 39.6 Å². The highest BCUT2D eigenvalue weighted by atomic mass is 16.5. The van der Waals surface area contributed by atoms with Crippen molar-refractivity contribution in [2.75, 3.05) is 32.1 Å². The molecule has 0 radical (unpaired) electrons. The molecule has 2 aliphatic heterocycles. The number of fused-ring (bicyclic) bond motifs is 2. The van der Waals surface area contributed by atoms with Crippen LogP contribution < -0.4 is 5.32 Å². The molecule has 4 heteroatoms. The molecule has 2 heterocycles. The number of anilines is 1. The fourth-order valence-electron chi connectivity index (χ4n) is 3.21. The Hall–Kier alpha value is -1.55. The number of hydrogen-bond acceptors (Lipinski definition) is 4. The zero-order valence-corrected chi connectivity index (χ0v) is 11.3. The minimum atomic E-state index is -0.278. The summed E-state index contributed by atoms with van der Waals surface area (Å²) in [5.41, 5.74) is 1.63. The van der Waals surface area contributed by atoms with Crippen molar-refractivity contribution in [3.8, 4) is 0 Å². The molecule has 1 N–H and O–H groups in total. The lowest BCUT2D eigenvalue weighted by Crippen LogP contribution is -2.39. The number of methoxy groups -OCH3 is 1. The summed E-state index contributed by atoms with van der Waals surface area (Å²) in [5, 5.41) is 3.59. The van der Waals surface area contributed by atoms with Gasteiger partial charge in [-0.3, -0.25) is 0 Å². The van der Waals surface area contributed by atoms with Crippen LogP contribution in [0.5, 0.6) is 0 Å². The fraction of sp³-hybridized carbons (Fsp3) is 0.533. The molecule has 19 heavy (non-hydrogen) atoms. The van der Waals surface area contributed by atoms with E-state index in [4.69, 9.17) is 4.74 Å². The third-order valence-corrected chi connectivity index (χ3v) is 4.27. The second-order valence-electron chi connectivity index (χ2n) is 5.46. The Labute approximate surface area is 113 Å². The summed E-state index contributed by atoms with van der Waals surface area (Å²) in [4.78, 5) is 14.1. The Morgan fingerprint density at radius 3 is 3.05 bits per heavy atom. The highest BCUT2D eigenvalue weighted by Gasteiger charge is 2.34. The normalized spacial score (nSPS) is 29.0. The molecule has 3 rings (SSSR count). The predicted molar refractivity (Wildman–Crippen MR) is 74.4 cm³/mol. The zero-order valence-electron chi connectivity index (χ0n) is 11.3. The first kappa shape index (κ1) is 12.5. The van der Waals surface area contributed by atoms with Crippen LogP contribution in [0.15, 0.2) is 24.3 Å². The van der Waals surface area contributed by atoms with Gasteiger partial charge in [0.05, 0.1) is 12.7 Å². The van der Waals surface area contributed by atoms with Gasteiger partial charge in [-0.1, -0.05) is 6.07 Å². The molecule has 3 unspecified atom stereocenters. The number of carbonyl (C=O) groups excluding carboxylic acids is 1. The lowest BCUT2D eigenvalue weighted by Gasteiger charge is -2.31. The van der Waals surface area contributed by atoms with E-state index < -0.39 is 0 Å². The number of rotatable bonds is 3. The van der Waals surface area contributed by atoms with Crippen LogP contribution in [0, 0.1) is 5.92 Å². The topological polar surface area (TPSA) is 41.6 Å². The molecule has 0 spiro atoms. The lowest BCUT2D eigenvalue weighted by atomic mass is 9.94. The highest BCUT2D eigenvalue weighted by molar-refractivity contribution is 5.90. The predicted octanol–water partition coefficient (Wildman–Crippen LogP) is 1.98. The zero-order chi connectivity index (χ0) is 13.2. The van der Waals surface area contributed by atoms with E-state index >= 15 is 0 Å². The van der Waals surface area contributed by atoms with Gasteiger partial charge >= 0.3 is 5.97 Å². The number of nitrogens with one attached hydrogen (secondary N) is 1. The summed E-state index contributed by atoms with van der Waals surface area (Å²) >= 11 is 0. The van der Waals surface area contributed by atoms with Gasteiger partial charge in [-0.25, -0.2) is 4.79 Å². The Morgan fingerprint density at radius 2 is 2.21 bits per heavy atom. The molecular formula is C15H20N2O2. The first-order chi connectivity index (χ1) is 9.26. The van der Waals surface area contributed by atoms with Crippen molar-refractivity contribution >= 4 is 11.7 Å². The van der Waals surface area contributed by atoms with Crippen LogP contribution in [0.3, 0.4) is 0 Å². The number of hydrogen-bond donors (Lipinski definition) is 1. The number of esters is 1. The van der Waals surface area contributed by atoms with Gasteiger partial charge < -0.3 is 15.0 Å². The van der Waals surface area contributed by atoms with Gasteiger partial charge in [0.2, 0.25) is 0 Å². The van der Waals surface area contributed by atoms with Gasteiger partial charge in [-0.15, -0.1) is 0 Å². The Bertz CT molecular complexity index is 475. The number of carbonyl (C=O) groups is 1. The van der Waals surface area contributed by atoms with E-state index in [0.717, 1.165) is 11.6 Å². The largest absolute Gasteiger partial charge is 0.465 e. The van der Waals surface area contributed by atoms with Crippen LogP contribution in [-0.4, -0.2) is 43.7 Å². The Kier molecular flexibility index (Phi) is 3.42. The summed E-state index contributed by atoms with van der Waals surface area (Å²) in [6.07, 6.45) is 2.47. The SMILES string of the molecule is COC(=O)c1cccc(NC2CCN3CCC2C3)c1. The van der Waals surface area contributed by atoms with E-state index in [1.54, 1.807) is 6.07 Å². The molecule has 1 aromatic rings. The van der Waals surface area contributed by atoms with E-state index in [1.807, 2.05) is 18.2 Å². The minimum Gasteiger partial charge on any atom is -0.465 e. The van der Waals surface area contributed by atoms with Crippen molar-refractivity contribution in [1.82, 2.24) is 4.90 Å². The molecule has 2 saturated heterocycles. The third-order valence-electron chi connectivity index (χ3n) is 4.27. The molecule has 2 fully saturated rings. The van der Waals surface area contributed by atoms with E-state index in [2.05, 4.69) is 10.2 Å². The van der Waals surface area contributed by atoms with Gasteiger partial charge in [-0.05, 0) is 43.5 Å². The first-order valence-electron chi connectivity index (χ1n) is 6.93. The van der Waals surface area contributed by atoms with E-state index in [-0.39, 0.29) is 5.97 Å². The maximum absolute atomic E-state index is 11.5. The van der Waals surface area contributed by atoms with Crippen LogP contribution >= 0.6 is 0 Å². The lowest BCUT2D eigenvalue weighted by molar-refractivity contribution is 0.0601. The maximum Gasteiger partial charge on any atom is 0.337 e.